The number of fused-ring (bicyclic) bond motifs is 6. The highest BCUT2D eigenvalue weighted by Crippen LogP contribution is 2.46. The third kappa shape index (κ3) is 7.08. The van der Waals surface area contributed by atoms with Crippen LogP contribution in [0, 0.1) is 0 Å². The Morgan fingerprint density at radius 3 is 1.38 bits per heavy atom. The van der Waals surface area contributed by atoms with Gasteiger partial charge in [0.05, 0.1) is 22.4 Å². The Hall–Kier alpha value is -9.18. The fraction of sp³-hybridized carbons (Fsp3) is 0. The molecule has 0 unspecified atom stereocenters. The molecular weight excluding hydrogens is 837 g/mol. The van der Waals surface area contributed by atoms with E-state index < -0.39 is 0 Å². The van der Waals surface area contributed by atoms with Crippen molar-refractivity contribution in [3.63, 3.8) is 0 Å². The van der Waals surface area contributed by atoms with Crippen LogP contribution in [-0.4, -0.2) is 4.57 Å². The van der Waals surface area contributed by atoms with Crippen LogP contribution in [0.25, 0.3) is 105 Å². The molecular formula is C66H44N2O. The summed E-state index contributed by atoms with van der Waals surface area (Å²) in [5.74, 6) is 0. The van der Waals surface area contributed by atoms with Gasteiger partial charge < -0.3 is 13.9 Å². The number of para-hydroxylation sites is 5. The lowest BCUT2D eigenvalue weighted by atomic mass is 9.96. The van der Waals surface area contributed by atoms with E-state index >= 15 is 0 Å². The molecule has 0 fully saturated rings. The molecule has 0 saturated heterocycles. The van der Waals surface area contributed by atoms with E-state index in [1.165, 1.54) is 49.6 Å². The zero-order valence-corrected chi connectivity index (χ0v) is 37.7. The van der Waals surface area contributed by atoms with Gasteiger partial charge in [-0.05, 0) is 93.5 Å². The highest BCUT2D eigenvalue weighted by molar-refractivity contribution is 6.11. The van der Waals surface area contributed by atoms with Gasteiger partial charge in [-0.3, -0.25) is 0 Å². The second-order valence-electron chi connectivity index (χ2n) is 17.6. The predicted molar refractivity (Wildman–Crippen MR) is 290 cm³/mol. The molecule has 69 heavy (non-hydrogen) atoms. The smallest absolute Gasteiger partial charge is 0.143 e. The summed E-state index contributed by atoms with van der Waals surface area (Å²) in [5.41, 5.74) is 19.9. The van der Waals surface area contributed by atoms with E-state index in [9.17, 15) is 0 Å². The fourth-order valence-corrected chi connectivity index (χ4v) is 10.3. The highest BCUT2D eigenvalue weighted by atomic mass is 16.3. The van der Waals surface area contributed by atoms with Crippen LogP contribution >= 0.6 is 0 Å². The molecule has 0 aliphatic rings. The van der Waals surface area contributed by atoms with Crippen molar-refractivity contribution < 1.29 is 4.42 Å². The first-order valence-corrected chi connectivity index (χ1v) is 23.6. The van der Waals surface area contributed by atoms with Gasteiger partial charge in [-0.15, -0.1) is 0 Å². The molecule has 3 nitrogen and oxygen atoms in total. The topological polar surface area (TPSA) is 21.3 Å². The number of hydrogen-bond acceptors (Lipinski definition) is 2. The first-order valence-electron chi connectivity index (χ1n) is 23.6. The Morgan fingerprint density at radius 1 is 0.290 bits per heavy atom. The molecule has 324 valence electrons. The van der Waals surface area contributed by atoms with Crippen LogP contribution in [0.4, 0.5) is 17.1 Å². The van der Waals surface area contributed by atoms with E-state index in [0.717, 1.165) is 72.5 Å². The minimum absolute atomic E-state index is 0.882. The van der Waals surface area contributed by atoms with Crippen molar-refractivity contribution in [1.29, 1.82) is 0 Å². The molecule has 0 aliphatic carbocycles. The van der Waals surface area contributed by atoms with Crippen LogP contribution < -0.4 is 4.90 Å². The lowest BCUT2D eigenvalue weighted by Crippen LogP contribution is -2.11. The van der Waals surface area contributed by atoms with E-state index in [0.29, 0.717) is 0 Å². The third-order valence-corrected chi connectivity index (χ3v) is 13.7. The Balaban J connectivity index is 0.958. The quantitative estimate of drug-likeness (QED) is 0.144. The summed E-state index contributed by atoms with van der Waals surface area (Å²) in [6, 6.07) is 96.1. The molecule has 0 aliphatic heterocycles. The molecule has 13 aromatic rings. The Bertz CT molecular complexity index is 3930. The van der Waals surface area contributed by atoms with Gasteiger partial charge in [0.25, 0.3) is 0 Å². The maximum Gasteiger partial charge on any atom is 0.143 e. The van der Waals surface area contributed by atoms with Gasteiger partial charge in [-0.1, -0.05) is 212 Å². The number of anilines is 3. The molecule has 3 heteroatoms. The van der Waals surface area contributed by atoms with Gasteiger partial charge in [0.15, 0.2) is 0 Å². The second kappa shape index (κ2) is 16.9. The summed E-state index contributed by atoms with van der Waals surface area (Å²) >= 11 is 0. The van der Waals surface area contributed by atoms with Crippen molar-refractivity contribution in [3.8, 4) is 61.3 Å². The largest absolute Gasteiger partial charge is 0.455 e. The molecule has 0 N–H and O–H groups in total. The first-order chi connectivity index (χ1) is 34.2. The van der Waals surface area contributed by atoms with Gasteiger partial charge >= 0.3 is 0 Å². The number of rotatable bonds is 9. The van der Waals surface area contributed by atoms with E-state index in [1.807, 2.05) is 6.07 Å². The molecule has 0 spiro atoms. The lowest BCUT2D eigenvalue weighted by molar-refractivity contribution is 0.670. The monoisotopic (exact) mass is 880 g/mol. The van der Waals surface area contributed by atoms with Crippen molar-refractivity contribution in [3.05, 3.63) is 267 Å². The SMILES string of the molecule is c1ccc(-c2ccc(-c3ccc(N(c4ccc(-c5ccc(-c6ccccc6)cc5-n5c6ccccc6c6ccccc65)cc4)c4ccccc4-c4cccc5c4oc4ccccc45)cc3)cc2)cc1. The molecule has 0 atom stereocenters. The number of nitrogens with zero attached hydrogens (tertiary/aromatic N) is 2. The van der Waals surface area contributed by atoms with E-state index in [1.54, 1.807) is 0 Å². The molecule has 2 aromatic heterocycles. The van der Waals surface area contributed by atoms with Crippen LogP contribution in [0.15, 0.2) is 271 Å². The number of aromatic nitrogens is 1. The number of hydrogen-bond donors (Lipinski definition) is 0. The maximum atomic E-state index is 6.66. The van der Waals surface area contributed by atoms with Crippen LogP contribution in [0.1, 0.15) is 0 Å². The number of furan rings is 1. The summed E-state index contributed by atoms with van der Waals surface area (Å²) in [6.45, 7) is 0. The van der Waals surface area contributed by atoms with Crippen LogP contribution in [0.2, 0.25) is 0 Å². The van der Waals surface area contributed by atoms with Crippen molar-refractivity contribution >= 4 is 60.8 Å². The Labute approximate surface area is 401 Å². The standard InChI is InChI=1S/C66H44N2O/c1-3-16-45(17-4-1)47-30-32-48(33-31-47)49-34-39-52(40-35-49)67(61-26-11-9-22-57(61)59-24-15-25-60-58-23-10-14-29-65(58)69-66(59)60)53-41-36-50(37-42-53)54-43-38-51(46-18-5-2-6-19-46)44-64(54)68-62-27-12-7-20-55(62)56-21-8-13-28-63(56)68/h1-44H. The fourth-order valence-electron chi connectivity index (χ4n) is 10.3. The van der Waals surface area contributed by atoms with Gasteiger partial charge in [0, 0.05) is 49.6 Å². The van der Waals surface area contributed by atoms with Gasteiger partial charge in [0.2, 0.25) is 0 Å². The highest BCUT2D eigenvalue weighted by Gasteiger charge is 2.22. The molecule has 0 radical (unpaired) electrons. The first kappa shape index (κ1) is 40.1. The summed E-state index contributed by atoms with van der Waals surface area (Å²) in [6.07, 6.45) is 0. The molecule has 0 bridgehead atoms. The molecule has 0 amide bonds. The minimum atomic E-state index is 0.882. The zero-order chi connectivity index (χ0) is 45.7. The van der Waals surface area contributed by atoms with Gasteiger partial charge in [0.1, 0.15) is 11.2 Å². The molecule has 2 heterocycles. The maximum absolute atomic E-state index is 6.66. The van der Waals surface area contributed by atoms with E-state index in [-0.39, 0.29) is 0 Å². The molecule has 13 rings (SSSR count). The van der Waals surface area contributed by atoms with Crippen molar-refractivity contribution in [2.75, 3.05) is 4.90 Å². The summed E-state index contributed by atoms with van der Waals surface area (Å²) in [5, 5.41) is 4.70. The second-order valence-corrected chi connectivity index (χ2v) is 17.6. The zero-order valence-electron chi connectivity index (χ0n) is 37.7. The van der Waals surface area contributed by atoms with Crippen LogP contribution in [-0.2, 0) is 0 Å². The summed E-state index contributed by atoms with van der Waals surface area (Å²) < 4.78 is 9.10. The minimum Gasteiger partial charge on any atom is -0.455 e. The van der Waals surface area contributed by atoms with E-state index in [4.69, 9.17) is 4.42 Å². The van der Waals surface area contributed by atoms with Crippen LogP contribution in [0.3, 0.4) is 0 Å². The van der Waals surface area contributed by atoms with Crippen molar-refractivity contribution in [2.45, 2.75) is 0 Å². The van der Waals surface area contributed by atoms with E-state index in [2.05, 4.69) is 270 Å². The average molecular weight is 881 g/mol. The summed E-state index contributed by atoms with van der Waals surface area (Å²) in [4.78, 5) is 2.38. The predicted octanol–water partition coefficient (Wildman–Crippen LogP) is 18.5. The lowest BCUT2D eigenvalue weighted by Gasteiger charge is -2.28. The number of benzene rings is 11. The van der Waals surface area contributed by atoms with Gasteiger partial charge in [-0.25, -0.2) is 0 Å². The Morgan fingerprint density at radius 2 is 0.739 bits per heavy atom. The summed E-state index contributed by atoms with van der Waals surface area (Å²) in [7, 11) is 0. The third-order valence-electron chi connectivity index (χ3n) is 13.7. The van der Waals surface area contributed by atoms with Gasteiger partial charge in [-0.2, -0.15) is 0 Å². The molecule has 0 saturated carbocycles. The van der Waals surface area contributed by atoms with Crippen LogP contribution in [0.5, 0.6) is 0 Å². The van der Waals surface area contributed by atoms with Crippen molar-refractivity contribution in [1.82, 2.24) is 4.57 Å². The average Bonchev–Trinajstić information content (AvgIpc) is 3.98. The normalized spacial score (nSPS) is 11.5. The molecule has 11 aromatic carbocycles. The van der Waals surface area contributed by atoms with Crippen molar-refractivity contribution in [2.24, 2.45) is 0 Å². The Kier molecular flexibility index (Phi) is 9.84.